The van der Waals surface area contributed by atoms with E-state index in [1.54, 1.807) is 0 Å². The number of hydrogen-bond donors (Lipinski definition) is 1. The molecular weight excluding hydrogens is 198 g/mol. The molecule has 88 valence electrons. The molecule has 0 amide bonds. The fourth-order valence-electron chi connectivity index (χ4n) is 1.91. The topological polar surface area (TPSA) is 28.2 Å². The summed E-state index contributed by atoms with van der Waals surface area (Å²) in [4.78, 5) is 6.76. The molecule has 1 aromatic rings. The Morgan fingerprint density at radius 1 is 1.38 bits per heavy atom. The molecule has 1 aromatic heterocycles. The summed E-state index contributed by atoms with van der Waals surface area (Å²) in [5, 5.41) is 3.28. The average Bonchev–Trinajstić information content (AvgIpc) is 2.15. The van der Waals surface area contributed by atoms with Crippen LogP contribution in [0.1, 0.15) is 26.3 Å². The molecule has 0 radical (unpaired) electrons. The molecule has 0 unspecified atom stereocenters. The van der Waals surface area contributed by atoms with Gasteiger partial charge in [0.1, 0.15) is 5.82 Å². The van der Waals surface area contributed by atoms with E-state index in [1.807, 2.05) is 13.2 Å². The lowest BCUT2D eigenvalue weighted by molar-refractivity contribution is 0.446. The number of hydrogen-bond acceptors (Lipinski definition) is 3. The van der Waals surface area contributed by atoms with Crippen LogP contribution >= 0.6 is 0 Å². The van der Waals surface area contributed by atoms with Crippen molar-refractivity contribution in [3.63, 3.8) is 0 Å². The standard InChI is InChI=1S/C13H21N3/c1-13(2,3)10-5-6-15-12(7-10)16-8-11(9-16)14-4/h5-7,11,14H,8-9H2,1-4H3. The first-order valence-corrected chi connectivity index (χ1v) is 5.89. The Balaban J connectivity index is 2.12. The first kappa shape index (κ1) is 11.4. The van der Waals surface area contributed by atoms with Crippen molar-refractivity contribution in [2.45, 2.75) is 32.2 Å². The summed E-state index contributed by atoms with van der Waals surface area (Å²) in [5.74, 6) is 1.11. The van der Waals surface area contributed by atoms with Gasteiger partial charge in [-0.05, 0) is 30.2 Å². The maximum Gasteiger partial charge on any atom is 0.128 e. The van der Waals surface area contributed by atoms with Crippen LogP contribution in [0.25, 0.3) is 0 Å². The van der Waals surface area contributed by atoms with E-state index in [1.165, 1.54) is 5.56 Å². The normalized spacial score (nSPS) is 17.4. The fourth-order valence-corrected chi connectivity index (χ4v) is 1.91. The Labute approximate surface area is 97.9 Å². The van der Waals surface area contributed by atoms with E-state index in [-0.39, 0.29) is 5.41 Å². The van der Waals surface area contributed by atoms with Crippen LogP contribution in [0.2, 0.25) is 0 Å². The molecule has 0 spiro atoms. The summed E-state index contributed by atoms with van der Waals surface area (Å²) < 4.78 is 0. The number of anilines is 1. The van der Waals surface area contributed by atoms with Crippen LogP contribution in [0.5, 0.6) is 0 Å². The number of rotatable bonds is 2. The fraction of sp³-hybridized carbons (Fsp3) is 0.615. The van der Waals surface area contributed by atoms with Crippen LogP contribution in [-0.2, 0) is 5.41 Å². The lowest BCUT2D eigenvalue weighted by atomic mass is 9.87. The first-order chi connectivity index (χ1) is 7.50. The highest BCUT2D eigenvalue weighted by atomic mass is 15.3. The van der Waals surface area contributed by atoms with Crippen LogP contribution < -0.4 is 10.2 Å². The van der Waals surface area contributed by atoms with Gasteiger partial charge in [-0.3, -0.25) is 0 Å². The Morgan fingerprint density at radius 3 is 2.62 bits per heavy atom. The molecular formula is C13H21N3. The van der Waals surface area contributed by atoms with Crippen LogP contribution in [0, 0.1) is 0 Å². The summed E-state index contributed by atoms with van der Waals surface area (Å²) in [6, 6.07) is 4.95. The van der Waals surface area contributed by atoms with Crippen molar-refractivity contribution in [3.8, 4) is 0 Å². The van der Waals surface area contributed by atoms with Crippen molar-refractivity contribution >= 4 is 5.82 Å². The Bertz CT molecular complexity index is 362. The number of aromatic nitrogens is 1. The highest BCUT2D eigenvalue weighted by Crippen LogP contribution is 2.26. The van der Waals surface area contributed by atoms with Gasteiger partial charge in [0.05, 0.1) is 0 Å². The summed E-state index contributed by atoms with van der Waals surface area (Å²) >= 11 is 0. The molecule has 0 aliphatic carbocycles. The average molecular weight is 219 g/mol. The Hall–Kier alpha value is -1.09. The van der Waals surface area contributed by atoms with Gasteiger partial charge in [0.25, 0.3) is 0 Å². The van der Waals surface area contributed by atoms with Gasteiger partial charge in [-0.15, -0.1) is 0 Å². The van der Waals surface area contributed by atoms with Crippen molar-refractivity contribution in [1.82, 2.24) is 10.3 Å². The molecule has 1 aliphatic heterocycles. The Morgan fingerprint density at radius 2 is 2.06 bits per heavy atom. The van der Waals surface area contributed by atoms with Crippen LogP contribution in [0.3, 0.4) is 0 Å². The molecule has 0 saturated carbocycles. The van der Waals surface area contributed by atoms with Crippen LogP contribution in [-0.4, -0.2) is 31.2 Å². The number of likely N-dealkylation sites (N-methyl/N-ethyl adjacent to an activating group) is 1. The molecule has 1 saturated heterocycles. The second-order valence-corrected chi connectivity index (χ2v) is 5.54. The van der Waals surface area contributed by atoms with Gasteiger partial charge >= 0.3 is 0 Å². The second kappa shape index (κ2) is 4.06. The van der Waals surface area contributed by atoms with Crippen LogP contribution in [0.15, 0.2) is 18.3 Å². The van der Waals surface area contributed by atoms with Crippen molar-refractivity contribution in [3.05, 3.63) is 23.9 Å². The molecule has 0 bridgehead atoms. The van der Waals surface area contributed by atoms with Crippen molar-refractivity contribution in [2.24, 2.45) is 0 Å². The highest BCUT2D eigenvalue weighted by molar-refractivity contribution is 5.45. The minimum absolute atomic E-state index is 0.199. The van der Waals surface area contributed by atoms with Gasteiger partial charge in [-0.25, -0.2) is 4.98 Å². The van der Waals surface area contributed by atoms with Crippen molar-refractivity contribution in [2.75, 3.05) is 25.0 Å². The number of nitrogens with zero attached hydrogens (tertiary/aromatic N) is 2. The summed E-state index contributed by atoms with van der Waals surface area (Å²) in [5.41, 5.74) is 1.55. The highest BCUT2D eigenvalue weighted by Gasteiger charge is 2.26. The van der Waals surface area contributed by atoms with E-state index in [4.69, 9.17) is 0 Å². The quantitative estimate of drug-likeness (QED) is 0.822. The molecule has 2 heterocycles. The van der Waals surface area contributed by atoms with Gasteiger partial charge in [0.15, 0.2) is 0 Å². The molecule has 2 rings (SSSR count). The first-order valence-electron chi connectivity index (χ1n) is 5.89. The predicted molar refractivity (Wildman–Crippen MR) is 68.0 cm³/mol. The third kappa shape index (κ3) is 2.19. The smallest absolute Gasteiger partial charge is 0.128 e. The molecule has 1 aliphatic rings. The predicted octanol–water partition coefficient (Wildman–Crippen LogP) is 1.79. The van der Waals surface area contributed by atoms with Gasteiger partial charge in [-0.2, -0.15) is 0 Å². The van der Waals surface area contributed by atoms with Gasteiger partial charge in [0, 0.05) is 25.3 Å². The third-order valence-electron chi connectivity index (χ3n) is 3.23. The summed E-state index contributed by atoms with van der Waals surface area (Å²) in [7, 11) is 2.01. The summed E-state index contributed by atoms with van der Waals surface area (Å²) in [6.07, 6.45) is 1.92. The number of nitrogens with one attached hydrogen (secondary N) is 1. The molecule has 3 nitrogen and oxygen atoms in total. The maximum atomic E-state index is 4.44. The van der Waals surface area contributed by atoms with E-state index in [0.717, 1.165) is 18.9 Å². The van der Waals surface area contributed by atoms with E-state index in [9.17, 15) is 0 Å². The van der Waals surface area contributed by atoms with E-state index < -0.39 is 0 Å². The van der Waals surface area contributed by atoms with Gasteiger partial charge in [-0.1, -0.05) is 20.8 Å². The molecule has 1 fully saturated rings. The van der Waals surface area contributed by atoms with E-state index in [0.29, 0.717) is 6.04 Å². The van der Waals surface area contributed by atoms with Crippen molar-refractivity contribution < 1.29 is 0 Å². The molecule has 1 N–H and O–H groups in total. The largest absolute Gasteiger partial charge is 0.353 e. The zero-order valence-electron chi connectivity index (χ0n) is 10.6. The molecule has 0 aromatic carbocycles. The summed E-state index contributed by atoms with van der Waals surface area (Å²) in [6.45, 7) is 8.84. The zero-order valence-corrected chi connectivity index (χ0v) is 10.6. The van der Waals surface area contributed by atoms with E-state index >= 15 is 0 Å². The molecule has 3 heteroatoms. The van der Waals surface area contributed by atoms with Crippen molar-refractivity contribution in [1.29, 1.82) is 0 Å². The van der Waals surface area contributed by atoms with Gasteiger partial charge < -0.3 is 10.2 Å². The third-order valence-corrected chi connectivity index (χ3v) is 3.23. The lowest BCUT2D eigenvalue weighted by Gasteiger charge is -2.40. The SMILES string of the molecule is CNC1CN(c2cc(C(C)(C)C)ccn2)C1. The van der Waals surface area contributed by atoms with E-state index in [2.05, 4.69) is 48.1 Å². The second-order valence-electron chi connectivity index (χ2n) is 5.54. The lowest BCUT2D eigenvalue weighted by Crippen LogP contribution is -2.57. The monoisotopic (exact) mass is 219 g/mol. The maximum absolute atomic E-state index is 4.44. The minimum Gasteiger partial charge on any atom is -0.353 e. The Kier molecular flexibility index (Phi) is 2.89. The minimum atomic E-state index is 0.199. The number of pyridine rings is 1. The molecule has 0 atom stereocenters. The van der Waals surface area contributed by atoms with Gasteiger partial charge in [0.2, 0.25) is 0 Å². The van der Waals surface area contributed by atoms with Crippen LogP contribution in [0.4, 0.5) is 5.82 Å². The molecule has 16 heavy (non-hydrogen) atoms. The zero-order chi connectivity index (χ0) is 11.8.